The van der Waals surface area contributed by atoms with Gasteiger partial charge in [0.1, 0.15) is 25.4 Å². The standard InChI is InChI=1S/C75H134O16P2/c1-4-7-10-13-16-19-22-23-24-25-26-27-28-29-30-31-32-33-34-35-36-37-38-39-40-41-42-43-44-45-48-50-52-55-58-61-73(78)85-64-70(76)65-87-92(81,82)88-66-71(77)67-89-93(83,84)90-69-72(91-75(80)63-60-57-54-51-47-21-18-15-12-9-6-3)68-86-74(79)62-59-56-53-49-46-20-17-14-11-8-5-2/h7,10,14-19,23-24,26-27,29-30,70-72,76-77H,4-6,8-9,11-13,20-22,25,28,31-69H2,1-3H3,(H,81,82)(H,83,84)/b10-7-,17-14-,18-15-,19-16-,24-23-,27-26-,30-29-. The van der Waals surface area contributed by atoms with E-state index in [1.165, 1.54) is 128 Å². The van der Waals surface area contributed by atoms with Gasteiger partial charge in [0.25, 0.3) is 0 Å². The second kappa shape index (κ2) is 68.7. The lowest BCUT2D eigenvalue weighted by Crippen LogP contribution is -2.30. The van der Waals surface area contributed by atoms with Crippen LogP contribution in [0.15, 0.2) is 85.1 Å². The van der Waals surface area contributed by atoms with E-state index >= 15 is 0 Å². The minimum absolute atomic E-state index is 0.0950. The van der Waals surface area contributed by atoms with Crippen LogP contribution in [-0.4, -0.2) is 95.9 Å². The van der Waals surface area contributed by atoms with Crippen LogP contribution in [0.3, 0.4) is 0 Å². The Hall–Kier alpha value is -3.27. The first-order valence-electron chi connectivity index (χ1n) is 36.9. The Balaban J connectivity index is 4.21. The van der Waals surface area contributed by atoms with Gasteiger partial charge < -0.3 is 34.2 Å². The number of hydrogen-bond donors (Lipinski definition) is 4. The molecule has 5 unspecified atom stereocenters. The minimum atomic E-state index is -4.91. The van der Waals surface area contributed by atoms with Crippen LogP contribution in [0.1, 0.15) is 316 Å². The quantitative estimate of drug-likeness (QED) is 0.0146. The van der Waals surface area contributed by atoms with E-state index in [0.29, 0.717) is 19.3 Å². The van der Waals surface area contributed by atoms with Crippen molar-refractivity contribution in [1.82, 2.24) is 0 Å². The van der Waals surface area contributed by atoms with Crippen LogP contribution in [0.5, 0.6) is 0 Å². The van der Waals surface area contributed by atoms with Crippen molar-refractivity contribution in [1.29, 1.82) is 0 Å². The van der Waals surface area contributed by atoms with Gasteiger partial charge in [-0.1, -0.05) is 279 Å². The van der Waals surface area contributed by atoms with Gasteiger partial charge in [0.05, 0.1) is 26.4 Å². The molecule has 540 valence electrons. The van der Waals surface area contributed by atoms with Crippen LogP contribution in [0, 0.1) is 0 Å². The van der Waals surface area contributed by atoms with E-state index in [0.717, 1.165) is 128 Å². The van der Waals surface area contributed by atoms with Gasteiger partial charge in [0.15, 0.2) is 6.10 Å². The van der Waals surface area contributed by atoms with E-state index in [1.807, 2.05) is 0 Å². The number of carbonyl (C=O) groups excluding carboxylic acids is 3. The predicted octanol–water partition coefficient (Wildman–Crippen LogP) is 20.9. The summed E-state index contributed by atoms with van der Waals surface area (Å²) < 4.78 is 60.7. The number of carbonyl (C=O) groups is 3. The molecule has 0 fully saturated rings. The van der Waals surface area contributed by atoms with Crippen LogP contribution in [0.25, 0.3) is 0 Å². The number of aliphatic hydroxyl groups is 2. The fraction of sp³-hybridized carbons (Fsp3) is 0.773. The van der Waals surface area contributed by atoms with E-state index in [-0.39, 0.29) is 19.3 Å². The van der Waals surface area contributed by atoms with Gasteiger partial charge in [-0.2, -0.15) is 0 Å². The topological polar surface area (TPSA) is 231 Å². The third-order valence-electron chi connectivity index (χ3n) is 15.6. The molecule has 16 nitrogen and oxygen atoms in total. The number of ether oxygens (including phenoxy) is 3. The lowest BCUT2D eigenvalue weighted by molar-refractivity contribution is -0.161. The Morgan fingerprint density at radius 3 is 0.914 bits per heavy atom. The molecule has 0 aromatic carbocycles. The van der Waals surface area contributed by atoms with Crippen LogP contribution in [0.2, 0.25) is 0 Å². The Morgan fingerprint density at radius 2 is 0.570 bits per heavy atom. The smallest absolute Gasteiger partial charge is 0.463 e. The second-order valence-corrected chi connectivity index (χ2v) is 27.6. The molecule has 0 heterocycles. The van der Waals surface area contributed by atoms with Crippen LogP contribution in [0.4, 0.5) is 0 Å². The van der Waals surface area contributed by atoms with Gasteiger partial charge in [0.2, 0.25) is 0 Å². The van der Waals surface area contributed by atoms with Crippen molar-refractivity contribution in [3.05, 3.63) is 85.1 Å². The molecule has 4 N–H and O–H groups in total. The zero-order valence-electron chi connectivity index (χ0n) is 58.7. The van der Waals surface area contributed by atoms with Crippen molar-refractivity contribution < 1.29 is 75.8 Å². The van der Waals surface area contributed by atoms with Crippen molar-refractivity contribution in [3.63, 3.8) is 0 Å². The zero-order valence-corrected chi connectivity index (χ0v) is 60.5. The number of hydrogen-bond acceptors (Lipinski definition) is 14. The summed E-state index contributed by atoms with van der Waals surface area (Å²) in [6, 6.07) is 0. The molecule has 0 radical (unpaired) electrons. The van der Waals surface area contributed by atoms with Crippen LogP contribution >= 0.6 is 15.6 Å². The summed E-state index contributed by atoms with van der Waals surface area (Å²) in [4.78, 5) is 58.2. The van der Waals surface area contributed by atoms with Gasteiger partial charge in [0, 0.05) is 19.3 Å². The summed E-state index contributed by atoms with van der Waals surface area (Å²) in [6.45, 7) is 2.47. The maximum absolute atomic E-state index is 12.8. The minimum Gasteiger partial charge on any atom is -0.463 e. The molecular formula is C75H134O16P2. The van der Waals surface area contributed by atoms with Crippen LogP contribution in [-0.2, 0) is 55.8 Å². The second-order valence-electron chi connectivity index (χ2n) is 24.7. The maximum Gasteiger partial charge on any atom is 0.472 e. The van der Waals surface area contributed by atoms with Crippen molar-refractivity contribution in [2.75, 3.05) is 39.6 Å². The highest BCUT2D eigenvalue weighted by Gasteiger charge is 2.29. The average Bonchev–Trinajstić information content (AvgIpc) is 3.63. The molecule has 0 spiro atoms. The van der Waals surface area contributed by atoms with Gasteiger partial charge in [-0.05, 0) is 103 Å². The number of aliphatic hydroxyl groups excluding tert-OH is 2. The maximum atomic E-state index is 12.8. The molecule has 0 aliphatic carbocycles. The summed E-state index contributed by atoms with van der Waals surface area (Å²) in [7, 11) is -9.76. The zero-order chi connectivity index (χ0) is 68.1. The van der Waals surface area contributed by atoms with Crippen molar-refractivity contribution in [2.24, 2.45) is 0 Å². The molecule has 0 saturated carbocycles. The fourth-order valence-electron chi connectivity index (χ4n) is 9.91. The Kier molecular flexibility index (Phi) is 66.2. The summed E-state index contributed by atoms with van der Waals surface area (Å²) >= 11 is 0. The SMILES string of the molecule is CC/C=C\C/C=C\C/C=C\C/C=C\C/C=C\CCCCCCCCCCCCCCCCCCCCCC(=O)OCC(O)COP(=O)(O)OCC(O)COP(=O)(O)OCC(COC(=O)CCCCCCC/C=C\CCCC)OC(=O)CCCCCCC/C=C\CCCC. The third-order valence-corrected chi connectivity index (χ3v) is 17.5. The van der Waals surface area contributed by atoms with Gasteiger partial charge in [-0.3, -0.25) is 32.5 Å². The average molecular weight is 1350 g/mol. The van der Waals surface area contributed by atoms with Crippen molar-refractivity contribution in [3.8, 4) is 0 Å². The Bertz CT molecular complexity index is 2040. The highest BCUT2D eigenvalue weighted by atomic mass is 31.2. The molecule has 18 heteroatoms. The number of esters is 3. The van der Waals surface area contributed by atoms with Gasteiger partial charge >= 0.3 is 33.6 Å². The molecule has 0 aromatic rings. The third kappa shape index (κ3) is 69.9. The number of unbranched alkanes of at least 4 members (excludes halogenated alkanes) is 33. The summed E-state index contributed by atoms with van der Waals surface area (Å²) in [5.41, 5.74) is 0. The molecule has 0 bridgehead atoms. The lowest BCUT2D eigenvalue weighted by Gasteiger charge is -2.21. The summed E-state index contributed by atoms with van der Waals surface area (Å²) in [5.74, 6) is -1.59. The van der Waals surface area contributed by atoms with Gasteiger partial charge in [-0.25, -0.2) is 9.13 Å². The highest BCUT2D eigenvalue weighted by molar-refractivity contribution is 7.47. The number of phosphoric acid groups is 2. The largest absolute Gasteiger partial charge is 0.472 e. The highest BCUT2D eigenvalue weighted by Crippen LogP contribution is 2.45. The molecule has 5 atom stereocenters. The normalized spacial score (nSPS) is 14.6. The number of phosphoric ester groups is 2. The lowest BCUT2D eigenvalue weighted by atomic mass is 10.0. The summed E-state index contributed by atoms with van der Waals surface area (Å²) in [6.07, 6.45) is 75.5. The molecule has 0 saturated heterocycles. The first-order chi connectivity index (χ1) is 45.2. The van der Waals surface area contributed by atoms with E-state index in [1.54, 1.807) is 0 Å². The molecule has 0 amide bonds. The first kappa shape index (κ1) is 89.7. The molecule has 93 heavy (non-hydrogen) atoms. The van der Waals surface area contributed by atoms with E-state index in [2.05, 4.69) is 106 Å². The first-order valence-corrected chi connectivity index (χ1v) is 39.9. The number of rotatable bonds is 70. The van der Waals surface area contributed by atoms with Crippen molar-refractivity contribution >= 4 is 33.6 Å². The fourth-order valence-corrected chi connectivity index (χ4v) is 11.5. The Morgan fingerprint density at radius 1 is 0.312 bits per heavy atom. The van der Waals surface area contributed by atoms with Crippen molar-refractivity contribution in [2.45, 2.75) is 334 Å². The van der Waals surface area contributed by atoms with Crippen LogP contribution < -0.4 is 0 Å². The molecule has 0 aliphatic heterocycles. The number of allylic oxidation sites excluding steroid dienone is 14. The summed E-state index contributed by atoms with van der Waals surface area (Å²) in [5, 5.41) is 20.5. The molecule has 0 aliphatic rings. The molecule has 0 rings (SSSR count). The van der Waals surface area contributed by atoms with E-state index in [9.17, 15) is 43.5 Å². The molecular weight excluding hydrogens is 1220 g/mol. The Labute approximate surface area is 565 Å². The molecule has 0 aromatic heterocycles. The monoisotopic (exact) mass is 1350 g/mol. The van der Waals surface area contributed by atoms with E-state index < -0.39 is 91.5 Å². The predicted molar refractivity (Wildman–Crippen MR) is 381 cm³/mol. The van der Waals surface area contributed by atoms with Gasteiger partial charge in [-0.15, -0.1) is 0 Å². The van der Waals surface area contributed by atoms with E-state index in [4.69, 9.17) is 32.3 Å².